The van der Waals surface area contributed by atoms with Crippen LogP contribution in [0.3, 0.4) is 0 Å². The van der Waals surface area contributed by atoms with E-state index in [1.807, 2.05) is 25.0 Å². The largest absolute Gasteiger partial charge is 0.355 e. The summed E-state index contributed by atoms with van der Waals surface area (Å²) in [6.07, 6.45) is 4.12. The number of fused-ring (bicyclic) bond motifs is 3. The van der Waals surface area contributed by atoms with Crippen LogP contribution in [0.2, 0.25) is 0 Å². The Morgan fingerprint density at radius 2 is 2.07 bits per heavy atom. The number of rotatable bonds is 8. The van der Waals surface area contributed by atoms with Gasteiger partial charge in [-0.15, -0.1) is 5.10 Å². The number of amides is 2. The minimum absolute atomic E-state index is 0.0485. The number of hydrogen-bond acceptors (Lipinski definition) is 6. The van der Waals surface area contributed by atoms with Crippen molar-refractivity contribution in [1.82, 2.24) is 35.4 Å². The van der Waals surface area contributed by atoms with E-state index in [0.717, 1.165) is 44.7 Å². The van der Waals surface area contributed by atoms with Crippen LogP contribution in [0.4, 0.5) is 0 Å². The molecular weight excluding hydrogens is 346 g/mol. The molecule has 4 rings (SSSR count). The molecule has 1 unspecified atom stereocenters. The first-order valence-corrected chi connectivity index (χ1v) is 9.72. The van der Waals surface area contributed by atoms with Gasteiger partial charge in [-0.1, -0.05) is 5.21 Å². The average molecular weight is 377 g/mol. The normalized spacial score (nSPS) is 27.0. The van der Waals surface area contributed by atoms with Gasteiger partial charge in [-0.25, -0.2) is 0 Å². The zero-order valence-electron chi connectivity index (χ0n) is 16.5. The van der Waals surface area contributed by atoms with E-state index in [9.17, 15) is 9.59 Å². The molecule has 27 heavy (non-hydrogen) atoms. The Morgan fingerprint density at radius 1 is 1.30 bits per heavy atom. The van der Waals surface area contributed by atoms with Crippen molar-refractivity contribution in [3.05, 3.63) is 11.9 Å². The van der Waals surface area contributed by atoms with Crippen LogP contribution in [-0.4, -0.2) is 82.9 Å². The van der Waals surface area contributed by atoms with Gasteiger partial charge in [0.15, 0.2) is 0 Å². The van der Waals surface area contributed by atoms with Crippen molar-refractivity contribution in [1.29, 1.82) is 0 Å². The topological polar surface area (TPSA) is 95.4 Å². The van der Waals surface area contributed by atoms with E-state index in [1.165, 1.54) is 6.92 Å². The van der Waals surface area contributed by atoms with E-state index < -0.39 is 0 Å². The zero-order chi connectivity index (χ0) is 19.4. The lowest BCUT2D eigenvalue weighted by atomic mass is 9.75. The minimum atomic E-state index is -0.0724. The highest BCUT2D eigenvalue weighted by Crippen LogP contribution is 2.36. The third kappa shape index (κ3) is 5.26. The maximum atomic E-state index is 12.5. The highest BCUT2D eigenvalue weighted by Gasteiger charge is 2.43. The molecule has 2 bridgehead atoms. The van der Waals surface area contributed by atoms with Gasteiger partial charge < -0.3 is 15.5 Å². The third-order valence-corrected chi connectivity index (χ3v) is 5.48. The summed E-state index contributed by atoms with van der Waals surface area (Å²) in [6.45, 7) is 5.91. The van der Waals surface area contributed by atoms with Crippen molar-refractivity contribution in [2.45, 2.75) is 38.9 Å². The number of nitrogens with zero attached hydrogens (tertiary/aromatic N) is 5. The van der Waals surface area contributed by atoms with E-state index in [-0.39, 0.29) is 17.7 Å². The fourth-order valence-electron chi connectivity index (χ4n) is 4.22. The van der Waals surface area contributed by atoms with Gasteiger partial charge in [-0.05, 0) is 39.4 Å². The Kier molecular flexibility index (Phi) is 6.43. The minimum Gasteiger partial charge on any atom is -0.355 e. The van der Waals surface area contributed by atoms with Gasteiger partial charge in [0.2, 0.25) is 11.8 Å². The molecule has 4 heterocycles. The number of aromatic nitrogens is 3. The molecule has 0 spiro atoms. The van der Waals surface area contributed by atoms with Crippen molar-refractivity contribution >= 4 is 11.8 Å². The van der Waals surface area contributed by atoms with Crippen molar-refractivity contribution in [2.24, 2.45) is 11.8 Å². The second-order valence-electron chi connectivity index (χ2n) is 7.98. The summed E-state index contributed by atoms with van der Waals surface area (Å²) in [5.74, 6) is 0.511. The lowest BCUT2D eigenvalue weighted by Crippen LogP contribution is -2.58. The van der Waals surface area contributed by atoms with E-state index in [2.05, 4.69) is 30.7 Å². The predicted octanol–water partition coefficient (Wildman–Crippen LogP) is -0.698. The van der Waals surface area contributed by atoms with E-state index in [0.29, 0.717) is 25.0 Å². The zero-order valence-corrected chi connectivity index (χ0v) is 16.5. The molecule has 3 saturated heterocycles. The van der Waals surface area contributed by atoms with Gasteiger partial charge >= 0.3 is 0 Å². The number of carbonyl (C=O) groups excluding carboxylic acids is 2. The van der Waals surface area contributed by atoms with Crippen molar-refractivity contribution in [2.75, 3.05) is 40.3 Å². The molecule has 0 aliphatic carbocycles. The molecule has 4 atom stereocenters. The van der Waals surface area contributed by atoms with Crippen LogP contribution in [-0.2, 0) is 22.7 Å². The van der Waals surface area contributed by atoms with Crippen LogP contribution < -0.4 is 10.6 Å². The highest BCUT2D eigenvalue weighted by atomic mass is 16.2. The first kappa shape index (κ1) is 19.8. The maximum Gasteiger partial charge on any atom is 0.224 e. The van der Waals surface area contributed by atoms with Gasteiger partial charge in [-0.3, -0.25) is 19.2 Å². The summed E-state index contributed by atoms with van der Waals surface area (Å²) in [4.78, 5) is 27.9. The summed E-state index contributed by atoms with van der Waals surface area (Å²) in [5, 5.41) is 14.2. The molecule has 3 aliphatic rings. The SMILES string of the molecule is CC(=O)NCCNC(=O)[C@H]1CN2CC[C@H]1C[C@@H]2Cn1cc(CN(C)C)nn1. The van der Waals surface area contributed by atoms with E-state index >= 15 is 0 Å². The molecule has 1 aromatic rings. The molecule has 2 N–H and O–H groups in total. The van der Waals surface area contributed by atoms with Crippen molar-refractivity contribution in [3.63, 3.8) is 0 Å². The molecule has 9 nitrogen and oxygen atoms in total. The van der Waals surface area contributed by atoms with Gasteiger partial charge in [0.05, 0.1) is 18.2 Å². The molecule has 9 heteroatoms. The second-order valence-corrected chi connectivity index (χ2v) is 7.98. The van der Waals surface area contributed by atoms with Crippen LogP contribution in [0.5, 0.6) is 0 Å². The van der Waals surface area contributed by atoms with Crippen LogP contribution in [0.15, 0.2) is 6.20 Å². The van der Waals surface area contributed by atoms with Crippen LogP contribution in [0, 0.1) is 11.8 Å². The highest BCUT2D eigenvalue weighted by molar-refractivity contribution is 5.79. The quantitative estimate of drug-likeness (QED) is 0.582. The van der Waals surface area contributed by atoms with Gasteiger partial charge in [0, 0.05) is 45.3 Å². The first-order chi connectivity index (χ1) is 12.9. The average Bonchev–Trinajstić information content (AvgIpc) is 3.05. The maximum absolute atomic E-state index is 12.5. The molecular formula is C18H31N7O2. The summed E-state index contributed by atoms with van der Waals surface area (Å²) < 4.78 is 1.94. The fraction of sp³-hybridized carbons (Fsp3) is 0.778. The van der Waals surface area contributed by atoms with Crippen molar-refractivity contribution in [3.8, 4) is 0 Å². The predicted molar refractivity (Wildman–Crippen MR) is 101 cm³/mol. The Labute approximate surface area is 160 Å². The molecule has 0 aromatic carbocycles. The molecule has 150 valence electrons. The summed E-state index contributed by atoms with van der Waals surface area (Å²) in [5.41, 5.74) is 0.979. The number of nitrogens with one attached hydrogen (secondary N) is 2. The van der Waals surface area contributed by atoms with Crippen molar-refractivity contribution < 1.29 is 9.59 Å². The van der Waals surface area contributed by atoms with E-state index in [4.69, 9.17) is 0 Å². The monoisotopic (exact) mass is 377 g/mol. The van der Waals surface area contributed by atoms with Crippen LogP contribution in [0.1, 0.15) is 25.5 Å². The lowest BCUT2D eigenvalue weighted by Gasteiger charge is -2.49. The van der Waals surface area contributed by atoms with E-state index in [1.54, 1.807) is 0 Å². The number of carbonyl (C=O) groups is 2. The van der Waals surface area contributed by atoms with Crippen LogP contribution in [0.25, 0.3) is 0 Å². The Hall–Kier alpha value is -2.00. The Bertz CT molecular complexity index is 660. The molecule has 3 aliphatic heterocycles. The summed E-state index contributed by atoms with van der Waals surface area (Å²) in [6, 6.07) is 0.418. The lowest BCUT2D eigenvalue weighted by molar-refractivity contribution is -0.133. The van der Waals surface area contributed by atoms with Crippen LogP contribution >= 0.6 is 0 Å². The molecule has 0 saturated carbocycles. The molecule has 0 radical (unpaired) electrons. The number of piperidine rings is 3. The molecule has 1 aromatic heterocycles. The second kappa shape index (κ2) is 8.79. The van der Waals surface area contributed by atoms with Gasteiger partial charge in [-0.2, -0.15) is 0 Å². The summed E-state index contributed by atoms with van der Waals surface area (Å²) >= 11 is 0. The Balaban J connectivity index is 1.49. The molecule has 2 amide bonds. The smallest absolute Gasteiger partial charge is 0.224 e. The van der Waals surface area contributed by atoms with Gasteiger partial charge in [0.25, 0.3) is 0 Å². The third-order valence-electron chi connectivity index (χ3n) is 5.48. The standard InChI is InChI=1S/C18H31N7O2/c1-13(26)19-5-6-20-18(27)17-12-24-7-4-14(17)8-16(24)11-25-10-15(21-22-25)9-23(2)3/h10,14,16-17H,4-9,11-12H2,1-3H3,(H,19,26)(H,20,27)/t14-,16+,17-/m0/s1. The Morgan fingerprint density at radius 3 is 2.74 bits per heavy atom. The number of hydrogen-bond donors (Lipinski definition) is 2. The summed E-state index contributed by atoms with van der Waals surface area (Å²) in [7, 11) is 4.04. The molecule has 3 fully saturated rings. The van der Waals surface area contributed by atoms with Gasteiger partial charge in [0.1, 0.15) is 0 Å². The first-order valence-electron chi connectivity index (χ1n) is 9.72. The fourth-order valence-corrected chi connectivity index (χ4v) is 4.22.